The van der Waals surface area contributed by atoms with E-state index in [0.717, 1.165) is 16.9 Å². The first-order chi connectivity index (χ1) is 12.1. The molecule has 0 aliphatic carbocycles. The molecule has 0 bridgehead atoms. The molecule has 1 amide bonds. The Bertz CT molecular complexity index is 917. The number of nitrogens with two attached hydrogens (primary N) is 1. The molecule has 1 atom stereocenters. The second kappa shape index (κ2) is 7.98. The molecule has 0 fully saturated rings. The SMILES string of the molecule is CCc1sc(C(=O)O[C@H](C)C(=O)Nc2ccc(S(N)(=O)=O)cc2)cc1C. The van der Waals surface area contributed by atoms with Crippen molar-refractivity contribution in [3.8, 4) is 0 Å². The molecule has 7 nitrogen and oxygen atoms in total. The van der Waals surface area contributed by atoms with E-state index in [1.165, 1.54) is 42.5 Å². The van der Waals surface area contributed by atoms with Gasteiger partial charge in [-0.25, -0.2) is 18.4 Å². The van der Waals surface area contributed by atoms with Gasteiger partial charge in [-0.1, -0.05) is 6.92 Å². The second-order valence-electron chi connectivity index (χ2n) is 5.68. The van der Waals surface area contributed by atoms with Crippen molar-refractivity contribution in [2.75, 3.05) is 5.32 Å². The van der Waals surface area contributed by atoms with Gasteiger partial charge in [-0.3, -0.25) is 4.79 Å². The number of ether oxygens (including phenoxy) is 1. The smallest absolute Gasteiger partial charge is 0.349 e. The lowest BCUT2D eigenvalue weighted by atomic mass is 10.2. The van der Waals surface area contributed by atoms with Crippen molar-refractivity contribution in [1.82, 2.24) is 0 Å². The lowest BCUT2D eigenvalue weighted by Gasteiger charge is -2.13. The van der Waals surface area contributed by atoms with Crippen LogP contribution in [0.1, 0.15) is 34.0 Å². The van der Waals surface area contributed by atoms with E-state index in [2.05, 4.69) is 5.32 Å². The largest absolute Gasteiger partial charge is 0.448 e. The van der Waals surface area contributed by atoms with Crippen molar-refractivity contribution in [3.63, 3.8) is 0 Å². The molecule has 0 spiro atoms. The van der Waals surface area contributed by atoms with E-state index in [1.54, 1.807) is 6.07 Å². The number of sulfonamides is 1. The number of esters is 1. The summed E-state index contributed by atoms with van der Waals surface area (Å²) in [7, 11) is -3.80. The number of carbonyl (C=O) groups excluding carboxylic acids is 2. The maximum atomic E-state index is 12.2. The van der Waals surface area contributed by atoms with Crippen molar-refractivity contribution in [2.24, 2.45) is 5.14 Å². The highest BCUT2D eigenvalue weighted by Gasteiger charge is 2.21. The minimum atomic E-state index is -3.80. The van der Waals surface area contributed by atoms with Gasteiger partial charge in [-0.15, -0.1) is 11.3 Å². The number of nitrogens with one attached hydrogen (secondary N) is 1. The van der Waals surface area contributed by atoms with Crippen molar-refractivity contribution in [1.29, 1.82) is 0 Å². The molecular formula is C17H20N2O5S2. The first kappa shape index (κ1) is 20.1. The maximum absolute atomic E-state index is 12.2. The number of amides is 1. The Kier molecular flexibility index (Phi) is 6.17. The topological polar surface area (TPSA) is 116 Å². The Hall–Kier alpha value is -2.23. The van der Waals surface area contributed by atoms with Crippen molar-refractivity contribution in [3.05, 3.63) is 45.6 Å². The van der Waals surface area contributed by atoms with Gasteiger partial charge in [0, 0.05) is 10.6 Å². The molecule has 1 aromatic carbocycles. The normalized spacial score (nSPS) is 12.5. The number of anilines is 1. The zero-order valence-electron chi connectivity index (χ0n) is 14.6. The molecule has 2 rings (SSSR count). The molecule has 1 heterocycles. The fourth-order valence-electron chi connectivity index (χ4n) is 2.22. The van der Waals surface area contributed by atoms with E-state index in [0.29, 0.717) is 10.6 Å². The molecule has 140 valence electrons. The Morgan fingerprint density at radius 1 is 1.27 bits per heavy atom. The van der Waals surface area contributed by atoms with Gasteiger partial charge in [0.2, 0.25) is 10.0 Å². The molecule has 0 aliphatic heterocycles. The quantitative estimate of drug-likeness (QED) is 0.728. The van der Waals surface area contributed by atoms with Gasteiger partial charge in [-0.05, 0) is 56.2 Å². The monoisotopic (exact) mass is 396 g/mol. The lowest BCUT2D eigenvalue weighted by Crippen LogP contribution is -2.29. The number of carbonyl (C=O) groups is 2. The Balaban J connectivity index is 1.99. The summed E-state index contributed by atoms with van der Waals surface area (Å²) in [6.07, 6.45) is -0.179. The van der Waals surface area contributed by atoms with E-state index in [-0.39, 0.29) is 4.90 Å². The van der Waals surface area contributed by atoms with Crippen molar-refractivity contribution < 1.29 is 22.7 Å². The van der Waals surface area contributed by atoms with Crippen LogP contribution in [0.25, 0.3) is 0 Å². The summed E-state index contributed by atoms with van der Waals surface area (Å²) >= 11 is 1.35. The van der Waals surface area contributed by atoms with Crippen LogP contribution in [-0.2, 0) is 26.0 Å². The molecule has 1 aromatic heterocycles. The maximum Gasteiger partial charge on any atom is 0.349 e. The van der Waals surface area contributed by atoms with E-state index in [1.807, 2.05) is 13.8 Å². The molecule has 3 N–H and O–H groups in total. The van der Waals surface area contributed by atoms with Crippen molar-refractivity contribution >= 4 is 38.9 Å². The third-order valence-electron chi connectivity index (χ3n) is 3.65. The van der Waals surface area contributed by atoms with Gasteiger partial charge in [0.05, 0.1) is 4.90 Å². The highest BCUT2D eigenvalue weighted by atomic mass is 32.2. The van der Waals surface area contributed by atoms with E-state index >= 15 is 0 Å². The van der Waals surface area contributed by atoms with Crippen LogP contribution in [0.4, 0.5) is 5.69 Å². The predicted molar refractivity (Wildman–Crippen MR) is 99.8 cm³/mol. The molecule has 2 aromatic rings. The van der Waals surface area contributed by atoms with Crippen LogP contribution in [-0.4, -0.2) is 26.4 Å². The van der Waals surface area contributed by atoms with E-state index in [9.17, 15) is 18.0 Å². The molecule has 0 saturated heterocycles. The van der Waals surface area contributed by atoms with Crippen LogP contribution in [0.5, 0.6) is 0 Å². The third kappa shape index (κ3) is 4.90. The van der Waals surface area contributed by atoms with E-state index in [4.69, 9.17) is 9.88 Å². The minimum absolute atomic E-state index is 0.0604. The summed E-state index contributed by atoms with van der Waals surface area (Å²) in [5.74, 6) is -1.07. The summed E-state index contributed by atoms with van der Waals surface area (Å²) < 4.78 is 27.6. The number of benzene rings is 1. The van der Waals surface area contributed by atoms with Gasteiger partial charge in [-0.2, -0.15) is 0 Å². The Labute approximate surface area is 156 Å². The van der Waals surface area contributed by atoms with Gasteiger partial charge >= 0.3 is 5.97 Å². The number of hydrogen-bond acceptors (Lipinski definition) is 6. The fourth-order valence-corrected chi connectivity index (χ4v) is 3.73. The summed E-state index contributed by atoms with van der Waals surface area (Å²) in [5.41, 5.74) is 1.39. The first-order valence-electron chi connectivity index (χ1n) is 7.85. The van der Waals surface area contributed by atoms with Crippen LogP contribution in [0.3, 0.4) is 0 Å². The van der Waals surface area contributed by atoms with Crippen molar-refractivity contribution in [2.45, 2.75) is 38.2 Å². The number of primary sulfonamides is 1. The average Bonchev–Trinajstić information content (AvgIpc) is 2.95. The van der Waals surface area contributed by atoms with Crippen LogP contribution in [0.15, 0.2) is 35.2 Å². The summed E-state index contributed by atoms with van der Waals surface area (Å²) in [6.45, 7) is 5.39. The second-order valence-corrected chi connectivity index (χ2v) is 8.37. The molecular weight excluding hydrogens is 376 g/mol. The highest BCUT2D eigenvalue weighted by molar-refractivity contribution is 7.89. The van der Waals surface area contributed by atoms with Crippen LogP contribution < -0.4 is 10.5 Å². The number of hydrogen-bond donors (Lipinski definition) is 2. The van der Waals surface area contributed by atoms with Crippen LogP contribution in [0, 0.1) is 6.92 Å². The molecule has 0 aliphatic rings. The van der Waals surface area contributed by atoms with Gasteiger partial charge in [0.15, 0.2) is 6.10 Å². The molecule has 0 unspecified atom stereocenters. The fraction of sp³-hybridized carbons (Fsp3) is 0.294. The zero-order chi connectivity index (χ0) is 19.5. The van der Waals surface area contributed by atoms with Gasteiger partial charge < -0.3 is 10.1 Å². The highest BCUT2D eigenvalue weighted by Crippen LogP contribution is 2.23. The third-order valence-corrected chi connectivity index (χ3v) is 5.94. The van der Waals surface area contributed by atoms with Crippen LogP contribution >= 0.6 is 11.3 Å². The molecule has 0 radical (unpaired) electrons. The van der Waals surface area contributed by atoms with Gasteiger partial charge in [0.1, 0.15) is 4.88 Å². The summed E-state index contributed by atoms with van der Waals surface area (Å²) in [4.78, 5) is 25.8. The Morgan fingerprint density at radius 2 is 1.88 bits per heavy atom. The first-order valence-corrected chi connectivity index (χ1v) is 10.2. The number of rotatable bonds is 6. The summed E-state index contributed by atoms with van der Waals surface area (Å²) in [6, 6.07) is 7.12. The predicted octanol–water partition coefficient (Wildman–Crippen LogP) is 2.45. The number of thiophene rings is 1. The standard InChI is InChI=1S/C17H20N2O5S2/c1-4-14-10(2)9-15(25-14)17(21)24-11(3)16(20)19-12-5-7-13(8-6-12)26(18,22)23/h5-9,11H,4H2,1-3H3,(H,19,20)(H2,18,22,23)/t11-/m1/s1. The average molecular weight is 396 g/mol. The van der Waals surface area contributed by atoms with Gasteiger partial charge in [0.25, 0.3) is 5.91 Å². The number of aryl methyl sites for hydroxylation is 2. The molecule has 26 heavy (non-hydrogen) atoms. The van der Waals surface area contributed by atoms with E-state index < -0.39 is 28.0 Å². The summed E-state index contributed by atoms with van der Waals surface area (Å²) in [5, 5.41) is 7.57. The minimum Gasteiger partial charge on any atom is -0.448 e. The molecule has 9 heteroatoms. The molecule has 0 saturated carbocycles. The van der Waals surface area contributed by atoms with Crippen LogP contribution in [0.2, 0.25) is 0 Å². The zero-order valence-corrected chi connectivity index (χ0v) is 16.2. The lowest BCUT2D eigenvalue weighted by molar-refractivity contribution is -0.123. The Morgan fingerprint density at radius 3 is 2.38 bits per heavy atom.